The zero-order valence-electron chi connectivity index (χ0n) is 25.5. The topological polar surface area (TPSA) is 101 Å². The number of aliphatic hydroxyl groups is 2. The molecule has 8 rings (SSSR count). The largest absolute Gasteiger partial charge is 0.393 e. The van der Waals surface area contributed by atoms with Crippen LogP contribution in [0.1, 0.15) is 57.2 Å². The fraction of sp³-hybridized carbons (Fsp3) is 0.444. The Morgan fingerprint density at radius 3 is 2.73 bits per heavy atom. The first-order valence-electron chi connectivity index (χ1n) is 15.9. The van der Waals surface area contributed by atoms with Crippen LogP contribution in [0, 0.1) is 34.4 Å². The molecule has 2 heterocycles. The predicted octanol–water partition coefficient (Wildman–Crippen LogP) is 6.20. The van der Waals surface area contributed by atoms with Crippen LogP contribution in [0.25, 0.3) is 22.7 Å². The molecule has 4 aromatic rings. The fourth-order valence-electron chi connectivity index (χ4n) is 9.78. The summed E-state index contributed by atoms with van der Waals surface area (Å²) in [5.41, 5.74) is 2.67. The van der Waals surface area contributed by atoms with Crippen molar-refractivity contribution < 1.29 is 19.4 Å². The molecule has 0 bridgehead atoms. The maximum Gasteiger partial charge on any atom is 0.175 e. The van der Waals surface area contributed by atoms with Crippen LogP contribution in [-0.4, -0.2) is 53.2 Å². The van der Waals surface area contributed by atoms with E-state index in [0.29, 0.717) is 12.8 Å². The third-order valence-electron chi connectivity index (χ3n) is 12.0. The molecule has 0 spiro atoms. The molecule has 2 aromatic carbocycles. The van der Waals surface area contributed by atoms with Gasteiger partial charge in [-0.1, -0.05) is 49.4 Å². The van der Waals surface area contributed by atoms with Crippen LogP contribution < -0.4 is 0 Å². The molecule has 4 aliphatic rings. The molecule has 0 saturated heterocycles. The number of ketones is 1. The average molecular weight is 625 g/mol. The summed E-state index contributed by atoms with van der Waals surface area (Å²) in [6.07, 6.45) is 9.19. The Kier molecular flexibility index (Phi) is 6.65. The van der Waals surface area contributed by atoms with Crippen molar-refractivity contribution in [2.75, 3.05) is 5.75 Å². The van der Waals surface area contributed by atoms with Gasteiger partial charge in [0.2, 0.25) is 0 Å². The highest BCUT2D eigenvalue weighted by molar-refractivity contribution is 8.00. The van der Waals surface area contributed by atoms with Gasteiger partial charge in [0.25, 0.3) is 0 Å². The molecule has 3 saturated carbocycles. The molecule has 232 valence electrons. The smallest absolute Gasteiger partial charge is 0.175 e. The highest BCUT2D eigenvalue weighted by Gasteiger charge is 2.68. The number of carbonyl (C=O) groups excluding carboxylic acids is 1. The predicted molar refractivity (Wildman–Crippen MR) is 171 cm³/mol. The van der Waals surface area contributed by atoms with Crippen molar-refractivity contribution in [3.63, 3.8) is 0 Å². The van der Waals surface area contributed by atoms with E-state index < -0.39 is 17.1 Å². The van der Waals surface area contributed by atoms with Crippen molar-refractivity contribution in [1.29, 1.82) is 0 Å². The van der Waals surface area contributed by atoms with Crippen LogP contribution in [0.5, 0.6) is 0 Å². The van der Waals surface area contributed by atoms with Gasteiger partial charge in [0.1, 0.15) is 22.8 Å². The standard InChI is InChI=1S/C36H37FN4O3S/c1-34-16-21-18-40-41(24-10-8-23(37)9-11-24)29(21)15-22(34)7-12-25-27-13-14-36(44,35(27,2)17-30(42)32(25)34)31(43)19-45-33-26-5-3-4-6-28(26)38-20-39-33/h3-6,8-11,15,18,20,25,27,30,32,42,44H,7,12-14,16-17,19H2,1-2H3/t25?,27?,30?,32?,34?,35?,36-/m0/s1. The van der Waals surface area contributed by atoms with E-state index in [1.165, 1.54) is 35.8 Å². The van der Waals surface area contributed by atoms with Gasteiger partial charge in [-0.2, -0.15) is 5.10 Å². The first-order chi connectivity index (χ1) is 21.6. The average Bonchev–Trinajstić information content (AvgIpc) is 3.55. The van der Waals surface area contributed by atoms with Crippen LogP contribution in [-0.2, 0) is 11.2 Å². The van der Waals surface area contributed by atoms with Crippen molar-refractivity contribution in [2.24, 2.45) is 28.6 Å². The molecule has 0 aliphatic heterocycles. The molecular formula is C36H37FN4O3S. The van der Waals surface area contributed by atoms with E-state index >= 15 is 0 Å². The van der Waals surface area contributed by atoms with E-state index in [1.54, 1.807) is 12.1 Å². The Morgan fingerprint density at radius 1 is 1.11 bits per heavy atom. The van der Waals surface area contributed by atoms with Gasteiger partial charge in [0, 0.05) is 10.8 Å². The number of hydrogen-bond acceptors (Lipinski definition) is 7. The molecule has 0 amide bonds. The molecule has 6 unspecified atom stereocenters. The number of aromatic nitrogens is 4. The van der Waals surface area contributed by atoms with E-state index in [-0.39, 0.29) is 40.5 Å². The van der Waals surface area contributed by atoms with Crippen molar-refractivity contribution >= 4 is 34.5 Å². The molecule has 4 aliphatic carbocycles. The summed E-state index contributed by atoms with van der Waals surface area (Å²) in [6.45, 7) is 4.33. The van der Waals surface area contributed by atoms with Crippen molar-refractivity contribution in [2.45, 2.75) is 69.1 Å². The van der Waals surface area contributed by atoms with Crippen molar-refractivity contribution in [3.8, 4) is 5.69 Å². The van der Waals surface area contributed by atoms with Gasteiger partial charge >= 0.3 is 0 Å². The quantitative estimate of drug-likeness (QED) is 0.201. The number of fused-ring (bicyclic) bond motifs is 7. The summed E-state index contributed by atoms with van der Waals surface area (Å²) in [6, 6.07) is 14.1. The van der Waals surface area contributed by atoms with Crippen LogP contribution in [0.15, 0.2) is 71.7 Å². The Labute approximate surface area is 266 Å². The molecule has 7 atom stereocenters. The van der Waals surface area contributed by atoms with E-state index in [4.69, 9.17) is 0 Å². The van der Waals surface area contributed by atoms with Crippen LogP contribution in [0.3, 0.4) is 0 Å². The number of halogens is 1. The maximum absolute atomic E-state index is 13.9. The first kappa shape index (κ1) is 29.0. The number of thioether (sulfide) groups is 1. The molecule has 7 nitrogen and oxygen atoms in total. The molecule has 9 heteroatoms. The lowest BCUT2D eigenvalue weighted by molar-refractivity contribution is -0.177. The van der Waals surface area contributed by atoms with E-state index in [1.807, 2.05) is 42.1 Å². The second-order valence-corrected chi connectivity index (χ2v) is 15.0. The number of carbonyl (C=O) groups is 1. The fourth-order valence-corrected chi connectivity index (χ4v) is 10.7. The minimum Gasteiger partial charge on any atom is -0.393 e. The van der Waals surface area contributed by atoms with Gasteiger partial charge in [0.05, 0.1) is 35.0 Å². The minimum atomic E-state index is -1.49. The Hall–Kier alpha value is -3.40. The summed E-state index contributed by atoms with van der Waals surface area (Å²) in [4.78, 5) is 22.7. The monoisotopic (exact) mass is 624 g/mol. The Morgan fingerprint density at radius 2 is 1.91 bits per heavy atom. The summed E-state index contributed by atoms with van der Waals surface area (Å²) >= 11 is 1.36. The van der Waals surface area contributed by atoms with Gasteiger partial charge in [0.15, 0.2) is 5.78 Å². The third-order valence-corrected chi connectivity index (χ3v) is 13.0. The summed E-state index contributed by atoms with van der Waals surface area (Å²) in [5, 5.41) is 30.5. The van der Waals surface area contributed by atoms with Crippen molar-refractivity contribution in [1.82, 2.24) is 19.7 Å². The summed E-state index contributed by atoms with van der Waals surface area (Å²) in [7, 11) is 0. The number of para-hydroxylation sites is 1. The normalized spacial score (nSPS) is 33.6. The van der Waals surface area contributed by atoms with Crippen LogP contribution in [0.2, 0.25) is 0 Å². The van der Waals surface area contributed by atoms with Crippen LogP contribution in [0.4, 0.5) is 4.39 Å². The molecule has 2 N–H and O–H groups in total. The van der Waals surface area contributed by atoms with Gasteiger partial charge < -0.3 is 10.2 Å². The second kappa shape index (κ2) is 10.3. The van der Waals surface area contributed by atoms with Crippen LogP contribution >= 0.6 is 11.8 Å². The minimum absolute atomic E-state index is 0.0251. The van der Waals surface area contributed by atoms with Gasteiger partial charge in [-0.05, 0) is 104 Å². The highest BCUT2D eigenvalue weighted by Crippen LogP contribution is 2.67. The number of rotatable bonds is 5. The maximum atomic E-state index is 13.9. The van der Waals surface area contributed by atoms with Gasteiger partial charge in [-0.15, -0.1) is 0 Å². The molecule has 3 fully saturated rings. The molecule has 45 heavy (non-hydrogen) atoms. The number of benzene rings is 2. The third kappa shape index (κ3) is 4.23. The van der Waals surface area contributed by atoms with Gasteiger partial charge in [-0.25, -0.2) is 19.0 Å². The molecule has 0 radical (unpaired) electrons. The number of allylic oxidation sites excluding steroid dienone is 1. The summed E-state index contributed by atoms with van der Waals surface area (Å²) < 4.78 is 15.5. The number of hydrogen-bond donors (Lipinski definition) is 2. The SMILES string of the molecule is CC12Cc3cnn(-c4ccc(F)cc4)c3C=C1CCC1C2C(O)CC2(C)C1CC[C@]2(O)C(=O)CSc1ncnc2ccccc12. The highest BCUT2D eigenvalue weighted by atomic mass is 32.2. The van der Waals surface area contributed by atoms with E-state index in [2.05, 4.69) is 28.1 Å². The van der Waals surface area contributed by atoms with Gasteiger partial charge in [-0.3, -0.25) is 4.79 Å². The first-order valence-corrected chi connectivity index (χ1v) is 16.9. The molecular weight excluding hydrogens is 587 g/mol. The number of aliphatic hydroxyl groups excluding tert-OH is 1. The lowest BCUT2D eigenvalue weighted by Crippen LogP contribution is -2.62. The zero-order valence-corrected chi connectivity index (χ0v) is 26.3. The Bertz CT molecular complexity index is 1850. The lowest BCUT2D eigenvalue weighted by atomic mass is 9.45. The lowest BCUT2D eigenvalue weighted by Gasteiger charge is -2.60. The number of Topliss-reactive ketones (excluding diaryl/α,β-unsaturated/α-hetero) is 1. The molecule has 2 aromatic heterocycles. The number of nitrogens with zero attached hydrogens (tertiary/aromatic N) is 4. The second-order valence-electron chi connectivity index (χ2n) is 14.0. The summed E-state index contributed by atoms with van der Waals surface area (Å²) in [5.74, 6) is 0.0402. The van der Waals surface area contributed by atoms with Crippen molar-refractivity contribution in [3.05, 3.63) is 83.7 Å². The van der Waals surface area contributed by atoms with E-state index in [9.17, 15) is 19.4 Å². The van der Waals surface area contributed by atoms with E-state index in [0.717, 1.165) is 58.6 Å². The Balaban J connectivity index is 1.05. The zero-order chi connectivity index (χ0) is 31.1.